The quantitative estimate of drug-likeness (QED) is 0.324. The number of carbonyl (C=O) groups is 2. The third-order valence-electron chi connectivity index (χ3n) is 5.99. The molecule has 0 radical (unpaired) electrons. The molecule has 0 fully saturated rings. The fraction of sp³-hybridized carbons (Fsp3) is 0.107. The zero-order valence-electron chi connectivity index (χ0n) is 19.5. The van der Waals surface area contributed by atoms with Gasteiger partial charge in [0.1, 0.15) is 28.6 Å². The predicted molar refractivity (Wildman–Crippen MR) is 139 cm³/mol. The van der Waals surface area contributed by atoms with Gasteiger partial charge in [-0.25, -0.2) is 4.68 Å². The lowest BCUT2D eigenvalue weighted by Crippen LogP contribution is -2.26. The Kier molecular flexibility index (Phi) is 6.23. The number of hydrogen-bond acceptors (Lipinski definition) is 5. The van der Waals surface area contributed by atoms with Crippen molar-refractivity contribution in [3.8, 4) is 22.8 Å². The Morgan fingerprint density at radius 2 is 1.81 bits per heavy atom. The summed E-state index contributed by atoms with van der Waals surface area (Å²) in [6.45, 7) is 4.14. The van der Waals surface area contributed by atoms with E-state index in [1.54, 1.807) is 0 Å². The van der Waals surface area contributed by atoms with E-state index in [0.29, 0.717) is 35.1 Å². The first-order chi connectivity index (χ1) is 17.5. The molecule has 8 heteroatoms. The maximum absolute atomic E-state index is 12.5. The number of ether oxygens (including phenoxy) is 1. The number of amides is 2. The third-order valence-corrected chi connectivity index (χ3v) is 5.99. The molecular formula is C28H25N5O3. The van der Waals surface area contributed by atoms with Crippen molar-refractivity contribution < 1.29 is 14.3 Å². The summed E-state index contributed by atoms with van der Waals surface area (Å²) in [7, 11) is 0. The number of para-hydroxylation sites is 1. The second-order valence-corrected chi connectivity index (χ2v) is 8.37. The van der Waals surface area contributed by atoms with Crippen molar-refractivity contribution in [3.05, 3.63) is 103 Å². The van der Waals surface area contributed by atoms with Gasteiger partial charge in [0, 0.05) is 17.8 Å². The number of carbonyl (C=O) groups excluding carboxylic acids is 2. The smallest absolute Gasteiger partial charge is 0.254 e. The van der Waals surface area contributed by atoms with Gasteiger partial charge in [0.15, 0.2) is 0 Å². The number of nitrogens with zero attached hydrogens (tertiary/aromatic N) is 2. The van der Waals surface area contributed by atoms with Gasteiger partial charge >= 0.3 is 0 Å². The lowest BCUT2D eigenvalue weighted by Gasteiger charge is -2.26. The molecule has 3 aromatic carbocycles. The van der Waals surface area contributed by atoms with E-state index >= 15 is 0 Å². The molecule has 1 aromatic heterocycles. The number of benzene rings is 3. The summed E-state index contributed by atoms with van der Waals surface area (Å²) in [5, 5.41) is 10.9. The van der Waals surface area contributed by atoms with Gasteiger partial charge in [0.05, 0.1) is 6.04 Å². The second-order valence-electron chi connectivity index (χ2n) is 8.37. The van der Waals surface area contributed by atoms with Crippen LogP contribution in [0.5, 0.6) is 11.5 Å². The SMILES string of the molecule is C=CC(=O)Nc1cccc([C@H]2CCNc3c(C(N)=O)c(-c4ccc(Oc5ccccc5)cc4)nn32)c1. The molecule has 36 heavy (non-hydrogen) atoms. The number of aromatic nitrogens is 2. The topological polar surface area (TPSA) is 111 Å². The van der Waals surface area contributed by atoms with Crippen molar-refractivity contribution in [3.63, 3.8) is 0 Å². The molecule has 2 amide bonds. The zero-order valence-corrected chi connectivity index (χ0v) is 19.5. The number of rotatable bonds is 7. The average molecular weight is 480 g/mol. The molecule has 0 spiro atoms. The third kappa shape index (κ3) is 4.56. The summed E-state index contributed by atoms with van der Waals surface area (Å²) in [5.41, 5.74) is 9.02. The van der Waals surface area contributed by atoms with E-state index in [9.17, 15) is 9.59 Å². The highest BCUT2D eigenvalue weighted by Crippen LogP contribution is 2.37. The molecule has 1 aliphatic heterocycles. The van der Waals surface area contributed by atoms with E-state index in [4.69, 9.17) is 15.6 Å². The van der Waals surface area contributed by atoms with Crippen molar-refractivity contribution in [2.24, 2.45) is 5.73 Å². The predicted octanol–water partition coefficient (Wildman–Crippen LogP) is 4.97. The van der Waals surface area contributed by atoms with Crippen LogP contribution in [-0.2, 0) is 4.79 Å². The average Bonchev–Trinajstić information content (AvgIpc) is 3.30. The van der Waals surface area contributed by atoms with E-state index in [2.05, 4.69) is 17.2 Å². The first-order valence-electron chi connectivity index (χ1n) is 11.6. The molecule has 0 unspecified atom stereocenters. The van der Waals surface area contributed by atoms with Crippen LogP contribution in [0.15, 0.2) is 91.5 Å². The molecule has 1 aliphatic rings. The maximum Gasteiger partial charge on any atom is 0.254 e. The Morgan fingerprint density at radius 1 is 1.06 bits per heavy atom. The molecule has 4 N–H and O–H groups in total. The highest BCUT2D eigenvalue weighted by atomic mass is 16.5. The Labute approximate surface area is 208 Å². The number of hydrogen-bond donors (Lipinski definition) is 3. The minimum absolute atomic E-state index is 0.144. The number of primary amides is 1. The normalized spacial score (nSPS) is 14.3. The molecule has 2 heterocycles. The highest BCUT2D eigenvalue weighted by molar-refractivity contribution is 6.04. The summed E-state index contributed by atoms with van der Waals surface area (Å²) < 4.78 is 7.69. The molecule has 0 saturated carbocycles. The Hall–Kier alpha value is -4.85. The highest BCUT2D eigenvalue weighted by Gasteiger charge is 2.30. The van der Waals surface area contributed by atoms with Crippen LogP contribution in [0.2, 0.25) is 0 Å². The minimum Gasteiger partial charge on any atom is -0.457 e. The van der Waals surface area contributed by atoms with Crippen LogP contribution in [0.3, 0.4) is 0 Å². The Morgan fingerprint density at radius 3 is 2.53 bits per heavy atom. The van der Waals surface area contributed by atoms with E-state index < -0.39 is 5.91 Å². The van der Waals surface area contributed by atoms with Gasteiger partial charge in [-0.2, -0.15) is 5.10 Å². The molecular weight excluding hydrogens is 454 g/mol. The lowest BCUT2D eigenvalue weighted by molar-refractivity contribution is -0.111. The molecule has 1 atom stereocenters. The van der Waals surface area contributed by atoms with E-state index in [0.717, 1.165) is 23.3 Å². The fourth-order valence-corrected chi connectivity index (χ4v) is 4.34. The number of nitrogens with one attached hydrogen (secondary N) is 2. The van der Waals surface area contributed by atoms with Crippen LogP contribution < -0.4 is 21.1 Å². The second kappa shape index (κ2) is 9.79. The number of anilines is 2. The van der Waals surface area contributed by atoms with Gasteiger partial charge in [-0.3, -0.25) is 9.59 Å². The van der Waals surface area contributed by atoms with E-state index in [1.807, 2.05) is 83.5 Å². The molecule has 0 saturated heterocycles. The van der Waals surface area contributed by atoms with Gasteiger partial charge in [0.25, 0.3) is 5.91 Å². The van der Waals surface area contributed by atoms with E-state index in [-0.39, 0.29) is 11.9 Å². The first kappa shape index (κ1) is 22.9. The van der Waals surface area contributed by atoms with Crippen molar-refractivity contribution in [2.75, 3.05) is 17.2 Å². The van der Waals surface area contributed by atoms with Crippen LogP contribution in [0.25, 0.3) is 11.3 Å². The zero-order chi connectivity index (χ0) is 25.1. The molecule has 180 valence electrons. The van der Waals surface area contributed by atoms with Crippen LogP contribution in [-0.4, -0.2) is 28.1 Å². The van der Waals surface area contributed by atoms with Gasteiger partial charge < -0.3 is 21.1 Å². The summed E-state index contributed by atoms with van der Waals surface area (Å²) >= 11 is 0. The standard InChI is InChI=1S/C28H25N5O3/c1-2-24(34)31-20-8-6-7-19(17-20)23-15-16-30-28-25(27(29)35)26(32-33(23)28)18-11-13-22(14-12-18)36-21-9-4-3-5-10-21/h2-14,17,23,30H,1,15-16H2,(H2,29,35)(H,31,34)/t23-/m1/s1. The molecule has 0 bridgehead atoms. The van der Waals surface area contributed by atoms with Crippen molar-refractivity contribution >= 4 is 23.3 Å². The van der Waals surface area contributed by atoms with Crippen molar-refractivity contribution in [1.82, 2.24) is 9.78 Å². The molecule has 5 rings (SSSR count). The van der Waals surface area contributed by atoms with Crippen molar-refractivity contribution in [1.29, 1.82) is 0 Å². The fourth-order valence-electron chi connectivity index (χ4n) is 4.34. The largest absolute Gasteiger partial charge is 0.457 e. The molecule has 0 aliphatic carbocycles. The van der Waals surface area contributed by atoms with Gasteiger partial charge in [-0.1, -0.05) is 36.9 Å². The molecule has 4 aromatic rings. The van der Waals surface area contributed by atoms with Crippen molar-refractivity contribution in [2.45, 2.75) is 12.5 Å². The summed E-state index contributed by atoms with van der Waals surface area (Å²) in [6, 6.07) is 24.3. The van der Waals surface area contributed by atoms with Gasteiger partial charge in [0.2, 0.25) is 5.91 Å². The maximum atomic E-state index is 12.5. The molecule has 8 nitrogen and oxygen atoms in total. The summed E-state index contributed by atoms with van der Waals surface area (Å²) in [4.78, 5) is 24.3. The van der Waals surface area contributed by atoms with Crippen LogP contribution in [0, 0.1) is 0 Å². The van der Waals surface area contributed by atoms with Gasteiger partial charge in [-0.15, -0.1) is 0 Å². The Balaban J connectivity index is 1.49. The van der Waals surface area contributed by atoms with Crippen LogP contribution in [0.4, 0.5) is 11.5 Å². The lowest BCUT2D eigenvalue weighted by atomic mass is 10.0. The monoisotopic (exact) mass is 479 g/mol. The van der Waals surface area contributed by atoms with Crippen LogP contribution in [0.1, 0.15) is 28.4 Å². The van der Waals surface area contributed by atoms with Crippen LogP contribution >= 0.6 is 0 Å². The number of nitrogens with two attached hydrogens (primary N) is 1. The summed E-state index contributed by atoms with van der Waals surface area (Å²) in [6.07, 6.45) is 1.97. The summed E-state index contributed by atoms with van der Waals surface area (Å²) in [5.74, 6) is 1.15. The first-order valence-corrected chi connectivity index (χ1v) is 11.6. The van der Waals surface area contributed by atoms with Gasteiger partial charge in [-0.05, 0) is 66.6 Å². The minimum atomic E-state index is -0.559. The van der Waals surface area contributed by atoms with E-state index in [1.165, 1.54) is 6.08 Å². The Bertz CT molecular complexity index is 1430. The number of fused-ring (bicyclic) bond motifs is 1.